The van der Waals surface area contributed by atoms with E-state index in [4.69, 9.17) is 14.2 Å². The maximum atomic E-state index is 12.9. The van der Waals surface area contributed by atoms with E-state index in [0.29, 0.717) is 19.3 Å². The van der Waals surface area contributed by atoms with Crippen molar-refractivity contribution >= 4 is 17.9 Å². The first kappa shape index (κ1) is 63.4. The molecule has 0 aliphatic rings. The molecule has 0 aliphatic heterocycles. The van der Waals surface area contributed by atoms with E-state index >= 15 is 0 Å². The first-order chi connectivity index (χ1) is 31.8. The third-order valence-electron chi connectivity index (χ3n) is 13.8. The molecule has 0 fully saturated rings. The van der Waals surface area contributed by atoms with Crippen molar-refractivity contribution in [2.24, 2.45) is 11.8 Å². The van der Waals surface area contributed by atoms with E-state index in [9.17, 15) is 14.4 Å². The van der Waals surface area contributed by atoms with Gasteiger partial charge in [0.2, 0.25) is 0 Å². The van der Waals surface area contributed by atoms with Crippen LogP contribution in [-0.2, 0) is 28.6 Å². The van der Waals surface area contributed by atoms with Crippen LogP contribution in [0.5, 0.6) is 0 Å². The van der Waals surface area contributed by atoms with Gasteiger partial charge < -0.3 is 14.2 Å². The zero-order valence-corrected chi connectivity index (χ0v) is 44.6. The van der Waals surface area contributed by atoms with Gasteiger partial charge in [0, 0.05) is 19.3 Å². The average molecular weight is 920 g/mol. The molecule has 0 spiro atoms. The molecule has 2 atom stereocenters. The van der Waals surface area contributed by atoms with Crippen molar-refractivity contribution in [3.63, 3.8) is 0 Å². The normalized spacial score (nSPS) is 12.5. The quantitative estimate of drug-likeness (QED) is 0.0344. The summed E-state index contributed by atoms with van der Waals surface area (Å²) >= 11 is 0. The van der Waals surface area contributed by atoms with Gasteiger partial charge in [0.1, 0.15) is 13.2 Å². The summed E-state index contributed by atoms with van der Waals surface area (Å²) in [4.78, 5) is 38.1. The lowest BCUT2D eigenvalue weighted by atomic mass is 9.99. The fourth-order valence-electron chi connectivity index (χ4n) is 9.02. The van der Waals surface area contributed by atoms with E-state index in [1.165, 1.54) is 218 Å². The van der Waals surface area contributed by atoms with Crippen LogP contribution in [0.1, 0.15) is 330 Å². The molecule has 0 bridgehead atoms. The molecule has 0 saturated heterocycles. The summed E-state index contributed by atoms with van der Waals surface area (Å²) in [7, 11) is 0. The van der Waals surface area contributed by atoms with Crippen molar-refractivity contribution in [3.8, 4) is 0 Å². The summed E-state index contributed by atoms with van der Waals surface area (Å²) in [5, 5.41) is 0. The summed E-state index contributed by atoms with van der Waals surface area (Å²) in [5.41, 5.74) is 0. The van der Waals surface area contributed by atoms with Gasteiger partial charge in [-0.05, 0) is 31.1 Å². The van der Waals surface area contributed by atoms with Crippen LogP contribution in [0, 0.1) is 11.8 Å². The predicted octanol–water partition coefficient (Wildman–Crippen LogP) is 19.3. The Labute approximate surface area is 406 Å². The van der Waals surface area contributed by atoms with E-state index in [-0.39, 0.29) is 31.1 Å². The first-order valence-corrected chi connectivity index (χ1v) is 29.3. The molecule has 0 heterocycles. The molecule has 386 valence electrons. The van der Waals surface area contributed by atoms with E-state index in [0.717, 1.165) is 69.6 Å². The zero-order valence-electron chi connectivity index (χ0n) is 44.6. The van der Waals surface area contributed by atoms with Gasteiger partial charge >= 0.3 is 17.9 Å². The lowest BCUT2D eigenvalue weighted by Gasteiger charge is -2.18. The number of carbonyl (C=O) groups is 3. The molecule has 0 rings (SSSR count). The third kappa shape index (κ3) is 51.6. The Morgan fingerprint density at radius 1 is 0.323 bits per heavy atom. The highest BCUT2D eigenvalue weighted by atomic mass is 16.6. The smallest absolute Gasteiger partial charge is 0.306 e. The second kappa shape index (κ2) is 51.8. The van der Waals surface area contributed by atoms with Crippen LogP contribution in [0.2, 0.25) is 0 Å². The first-order valence-electron chi connectivity index (χ1n) is 29.3. The van der Waals surface area contributed by atoms with Crippen LogP contribution < -0.4 is 0 Å². The lowest BCUT2D eigenvalue weighted by Crippen LogP contribution is -2.30. The molecule has 6 nitrogen and oxygen atoms in total. The Balaban J connectivity index is 4.29. The molecular weight excluding hydrogens is 805 g/mol. The zero-order chi connectivity index (χ0) is 47.5. The molecule has 0 aromatic heterocycles. The minimum Gasteiger partial charge on any atom is -0.462 e. The van der Waals surface area contributed by atoms with Gasteiger partial charge in [-0.1, -0.05) is 291 Å². The summed E-state index contributed by atoms with van der Waals surface area (Å²) < 4.78 is 16.9. The highest BCUT2D eigenvalue weighted by molar-refractivity contribution is 5.71. The molecule has 0 radical (unpaired) electrons. The summed E-state index contributed by atoms with van der Waals surface area (Å²) in [6.45, 7) is 11.5. The van der Waals surface area contributed by atoms with Gasteiger partial charge in [-0.25, -0.2) is 0 Å². The van der Waals surface area contributed by atoms with Gasteiger partial charge in [-0.3, -0.25) is 14.4 Å². The Morgan fingerprint density at radius 3 is 0.877 bits per heavy atom. The highest BCUT2D eigenvalue weighted by Gasteiger charge is 2.19. The molecular formula is C59H114O6. The van der Waals surface area contributed by atoms with E-state index in [1.54, 1.807) is 0 Å². The minimum atomic E-state index is -0.762. The Morgan fingerprint density at radius 2 is 0.585 bits per heavy atom. The standard InChI is InChI=1S/C59H114O6/c1-6-8-9-10-11-12-13-17-24-29-34-39-44-49-57(60)63-52-56(65-59(62)51-46-41-36-31-26-21-16-18-22-27-32-37-42-47-54(3)4)53-64-58(61)50-45-40-35-30-25-20-15-14-19-23-28-33-38-43-48-55(5)7-2/h54-56H,6-53H2,1-5H3/t55?,56-/m0/s1. The maximum absolute atomic E-state index is 12.9. The Kier molecular flexibility index (Phi) is 50.5. The average Bonchev–Trinajstić information content (AvgIpc) is 3.29. The molecule has 0 saturated carbocycles. The van der Waals surface area contributed by atoms with Crippen LogP contribution in [0.25, 0.3) is 0 Å². The highest BCUT2D eigenvalue weighted by Crippen LogP contribution is 2.19. The topological polar surface area (TPSA) is 78.9 Å². The summed E-state index contributed by atoms with van der Waals surface area (Å²) in [5.74, 6) is 0.896. The number of unbranched alkanes of at least 4 members (excludes halogenated alkanes) is 37. The number of carbonyl (C=O) groups excluding carboxylic acids is 3. The fraction of sp³-hybridized carbons (Fsp3) is 0.949. The number of rotatable bonds is 53. The fourth-order valence-corrected chi connectivity index (χ4v) is 9.02. The Bertz CT molecular complexity index is 995. The summed E-state index contributed by atoms with van der Waals surface area (Å²) in [6, 6.07) is 0. The van der Waals surface area contributed by atoms with Crippen molar-refractivity contribution < 1.29 is 28.6 Å². The van der Waals surface area contributed by atoms with Crippen molar-refractivity contribution in [2.75, 3.05) is 13.2 Å². The van der Waals surface area contributed by atoms with Crippen molar-refractivity contribution in [2.45, 2.75) is 336 Å². The molecule has 0 N–H and O–H groups in total. The molecule has 0 aromatic carbocycles. The minimum absolute atomic E-state index is 0.0625. The van der Waals surface area contributed by atoms with Crippen LogP contribution in [0.4, 0.5) is 0 Å². The molecule has 65 heavy (non-hydrogen) atoms. The second-order valence-corrected chi connectivity index (χ2v) is 21.0. The molecule has 6 heteroatoms. The van der Waals surface area contributed by atoms with E-state index < -0.39 is 6.10 Å². The third-order valence-corrected chi connectivity index (χ3v) is 13.8. The monoisotopic (exact) mass is 919 g/mol. The largest absolute Gasteiger partial charge is 0.462 e. The predicted molar refractivity (Wildman–Crippen MR) is 280 cm³/mol. The van der Waals surface area contributed by atoms with E-state index in [1.807, 2.05) is 0 Å². The van der Waals surface area contributed by atoms with Gasteiger partial charge in [-0.2, -0.15) is 0 Å². The van der Waals surface area contributed by atoms with Crippen LogP contribution in [0.15, 0.2) is 0 Å². The van der Waals surface area contributed by atoms with Crippen LogP contribution in [0.3, 0.4) is 0 Å². The summed E-state index contributed by atoms with van der Waals surface area (Å²) in [6.07, 6.45) is 55.1. The van der Waals surface area contributed by atoms with Crippen molar-refractivity contribution in [3.05, 3.63) is 0 Å². The number of esters is 3. The second-order valence-electron chi connectivity index (χ2n) is 21.0. The van der Waals surface area contributed by atoms with Gasteiger partial charge in [0.25, 0.3) is 0 Å². The number of hydrogen-bond donors (Lipinski definition) is 0. The molecule has 0 aromatic rings. The lowest BCUT2D eigenvalue weighted by molar-refractivity contribution is -0.167. The number of hydrogen-bond acceptors (Lipinski definition) is 6. The van der Waals surface area contributed by atoms with Crippen LogP contribution in [-0.4, -0.2) is 37.2 Å². The van der Waals surface area contributed by atoms with Crippen LogP contribution >= 0.6 is 0 Å². The molecule has 0 aliphatic carbocycles. The Hall–Kier alpha value is -1.59. The number of ether oxygens (including phenoxy) is 3. The van der Waals surface area contributed by atoms with Gasteiger partial charge in [0.15, 0.2) is 6.10 Å². The van der Waals surface area contributed by atoms with Crippen molar-refractivity contribution in [1.29, 1.82) is 0 Å². The van der Waals surface area contributed by atoms with Crippen molar-refractivity contribution in [1.82, 2.24) is 0 Å². The van der Waals surface area contributed by atoms with Gasteiger partial charge in [0.05, 0.1) is 0 Å². The maximum Gasteiger partial charge on any atom is 0.306 e. The van der Waals surface area contributed by atoms with Gasteiger partial charge in [-0.15, -0.1) is 0 Å². The molecule has 1 unspecified atom stereocenters. The van der Waals surface area contributed by atoms with E-state index in [2.05, 4.69) is 34.6 Å². The SMILES string of the molecule is CCCCCCCCCCCCCCCC(=O)OC[C@@H](COC(=O)CCCCCCCCCCCCCCCCC(C)CC)OC(=O)CCCCCCCCCCCCCCCC(C)C. The molecule has 0 amide bonds.